The van der Waals surface area contributed by atoms with E-state index in [-0.39, 0.29) is 0 Å². The van der Waals surface area contributed by atoms with Crippen LogP contribution < -0.4 is 15.8 Å². The number of ether oxygens (including phenoxy) is 1. The summed E-state index contributed by atoms with van der Waals surface area (Å²) in [6.45, 7) is 5.59. The van der Waals surface area contributed by atoms with Crippen molar-refractivity contribution in [2.45, 2.75) is 20.3 Å². The average molecular weight is 286 g/mol. The van der Waals surface area contributed by atoms with Gasteiger partial charge in [0.1, 0.15) is 5.82 Å². The summed E-state index contributed by atoms with van der Waals surface area (Å²) < 4.78 is 5.62. The van der Waals surface area contributed by atoms with Gasteiger partial charge in [-0.15, -0.1) is 0 Å². The molecule has 2 aromatic rings. The summed E-state index contributed by atoms with van der Waals surface area (Å²) in [6.07, 6.45) is 4.51. The largest absolute Gasteiger partial charge is 0.476 e. The minimum atomic E-state index is 0.439. The van der Waals surface area contributed by atoms with Crippen LogP contribution in [0.1, 0.15) is 19.4 Å². The molecule has 21 heavy (non-hydrogen) atoms. The molecule has 5 heteroatoms. The number of pyridine rings is 2. The molecule has 2 aromatic heterocycles. The number of nitrogen functional groups attached to an aromatic ring is 1. The van der Waals surface area contributed by atoms with Gasteiger partial charge in [0.15, 0.2) is 0 Å². The molecule has 5 nitrogen and oxygen atoms in total. The van der Waals surface area contributed by atoms with Gasteiger partial charge in [-0.2, -0.15) is 4.98 Å². The van der Waals surface area contributed by atoms with Crippen molar-refractivity contribution in [3.8, 4) is 5.88 Å². The first-order chi connectivity index (χ1) is 10.1. The fourth-order valence-electron chi connectivity index (χ4n) is 1.80. The highest BCUT2D eigenvalue weighted by molar-refractivity contribution is 5.53. The second-order valence-electron chi connectivity index (χ2n) is 5.33. The van der Waals surface area contributed by atoms with Gasteiger partial charge in [-0.05, 0) is 42.2 Å². The first kappa shape index (κ1) is 15.1. The van der Waals surface area contributed by atoms with Crippen molar-refractivity contribution >= 4 is 11.5 Å². The molecule has 0 fully saturated rings. The van der Waals surface area contributed by atoms with E-state index < -0.39 is 0 Å². The summed E-state index contributed by atoms with van der Waals surface area (Å²) in [5.41, 5.74) is 7.68. The molecule has 0 saturated heterocycles. The average Bonchev–Trinajstić information content (AvgIpc) is 2.48. The van der Waals surface area contributed by atoms with Crippen LogP contribution in [-0.4, -0.2) is 23.1 Å². The van der Waals surface area contributed by atoms with Gasteiger partial charge in [-0.1, -0.05) is 13.8 Å². The molecule has 2 rings (SSSR count). The Labute approximate surface area is 125 Å². The van der Waals surface area contributed by atoms with Crippen LogP contribution in [0.3, 0.4) is 0 Å². The van der Waals surface area contributed by atoms with E-state index in [1.165, 1.54) is 5.56 Å². The summed E-state index contributed by atoms with van der Waals surface area (Å²) >= 11 is 0. The van der Waals surface area contributed by atoms with Gasteiger partial charge >= 0.3 is 0 Å². The van der Waals surface area contributed by atoms with E-state index in [0.29, 0.717) is 24.1 Å². The van der Waals surface area contributed by atoms with Crippen LogP contribution in [0.25, 0.3) is 0 Å². The van der Waals surface area contributed by atoms with E-state index >= 15 is 0 Å². The van der Waals surface area contributed by atoms with E-state index in [4.69, 9.17) is 10.5 Å². The summed E-state index contributed by atoms with van der Waals surface area (Å²) in [4.78, 5) is 8.41. The van der Waals surface area contributed by atoms with E-state index in [0.717, 1.165) is 18.8 Å². The third-order valence-electron chi connectivity index (χ3n) is 2.91. The molecule has 2 heterocycles. The van der Waals surface area contributed by atoms with Crippen molar-refractivity contribution in [2.24, 2.45) is 5.92 Å². The number of anilines is 2. The van der Waals surface area contributed by atoms with Gasteiger partial charge in [0.2, 0.25) is 5.88 Å². The number of hydrogen-bond donors (Lipinski definition) is 2. The molecule has 0 aliphatic rings. The van der Waals surface area contributed by atoms with Crippen molar-refractivity contribution in [1.82, 2.24) is 9.97 Å². The molecule has 0 aliphatic heterocycles. The lowest BCUT2D eigenvalue weighted by atomic mass is 10.2. The standard InChI is InChI=1S/C16H22N4O/c1-12(2)11-21-16-14(17)3-4-15(20-16)19-10-7-13-5-8-18-9-6-13/h3-6,8-9,12H,7,10-11,17H2,1-2H3,(H,19,20). The molecule has 3 N–H and O–H groups in total. The van der Waals surface area contributed by atoms with Crippen LogP contribution in [-0.2, 0) is 6.42 Å². The maximum Gasteiger partial charge on any atom is 0.239 e. The molecule has 0 spiro atoms. The number of hydrogen-bond acceptors (Lipinski definition) is 5. The topological polar surface area (TPSA) is 73.1 Å². The van der Waals surface area contributed by atoms with Crippen molar-refractivity contribution in [2.75, 3.05) is 24.2 Å². The summed E-state index contributed by atoms with van der Waals surface area (Å²) in [5.74, 6) is 1.71. The Morgan fingerprint density at radius 1 is 1.19 bits per heavy atom. The molecule has 0 atom stereocenters. The van der Waals surface area contributed by atoms with Gasteiger partial charge in [0, 0.05) is 18.9 Å². The van der Waals surface area contributed by atoms with E-state index in [9.17, 15) is 0 Å². The van der Waals surface area contributed by atoms with E-state index in [1.807, 2.05) is 24.3 Å². The molecular formula is C16H22N4O. The van der Waals surface area contributed by atoms with Crippen LogP contribution in [0.5, 0.6) is 5.88 Å². The lowest BCUT2D eigenvalue weighted by Crippen LogP contribution is -2.10. The van der Waals surface area contributed by atoms with Gasteiger partial charge in [-0.3, -0.25) is 4.98 Å². The molecule has 112 valence electrons. The molecule has 0 saturated carbocycles. The zero-order chi connectivity index (χ0) is 15.1. The summed E-state index contributed by atoms with van der Waals surface area (Å²) in [7, 11) is 0. The third kappa shape index (κ3) is 4.95. The number of nitrogens with one attached hydrogen (secondary N) is 1. The Morgan fingerprint density at radius 2 is 1.95 bits per heavy atom. The van der Waals surface area contributed by atoms with Crippen molar-refractivity contribution in [3.63, 3.8) is 0 Å². The monoisotopic (exact) mass is 286 g/mol. The normalized spacial score (nSPS) is 10.6. The highest BCUT2D eigenvalue weighted by Gasteiger charge is 2.05. The molecule has 0 unspecified atom stereocenters. The van der Waals surface area contributed by atoms with Crippen LogP contribution in [0.2, 0.25) is 0 Å². The smallest absolute Gasteiger partial charge is 0.239 e. The SMILES string of the molecule is CC(C)COc1nc(NCCc2ccncc2)ccc1N. The molecule has 0 bridgehead atoms. The number of nitrogens with two attached hydrogens (primary N) is 1. The highest BCUT2D eigenvalue weighted by Crippen LogP contribution is 2.21. The van der Waals surface area contributed by atoms with E-state index in [1.54, 1.807) is 12.4 Å². The Balaban J connectivity index is 1.89. The quantitative estimate of drug-likeness (QED) is 0.818. The molecule has 0 aromatic carbocycles. The minimum absolute atomic E-state index is 0.439. The second-order valence-corrected chi connectivity index (χ2v) is 5.33. The van der Waals surface area contributed by atoms with Gasteiger partial charge in [0.05, 0.1) is 12.3 Å². The van der Waals surface area contributed by atoms with Crippen LogP contribution in [0, 0.1) is 5.92 Å². The molecular weight excluding hydrogens is 264 g/mol. The summed E-state index contributed by atoms with van der Waals surface area (Å²) in [6, 6.07) is 7.70. The molecule has 0 aliphatic carbocycles. The van der Waals surface area contributed by atoms with Crippen LogP contribution in [0.4, 0.5) is 11.5 Å². The maximum absolute atomic E-state index is 5.87. The van der Waals surface area contributed by atoms with Gasteiger partial charge < -0.3 is 15.8 Å². The zero-order valence-electron chi connectivity index (χ0n) is 12.5. The van der Waals surface area contributed by atoms with Gasteiger partial charge in [-0.25, -0.2) is 0 Å². The zero-order valence-corrected chi connectivity index (χ0v) is 12.5. The Hall–Kier alpha value is -2.30. The van der Waals surface area contributed by atoms with Crippen LogP contribution in [0.15, 0.2) is 36.7 Å². The Kier molecular flexibility index (Phi) is 5.37. The highest BCUT2D eigenvalue weighted by atomic mass is 16.5. The molecule has 0 amide bonds. The number of rotatable bonds is 7. The van der Waals surface area contributed by atoms with Crippen molar-refractivity contribution < 1.29 is 4.74 Å². The van der Waals surface area contributed by atoms with Gasteiger partial charge in [0.25, 0.3) is 0 Å². The van der Waals surface area contributed by atoms with E-state index in [2.05, 4.69) is 29.1 Å². The van der Waals surface area contributed by atoms with Crippen molar-refractivity contribution in [3.05, 3.63) is 42.2 Å². The first-order valence-electron chi connectivity index (χ1n) is 7.17. The maximum atomic E-state index is 5.87. The van der Waals surface area contributed by atoms with Crippen molar-refractivity contribution in [1.29, 1.82) is 0 Å². The third-order valence-corrected chi connectivity index (χ3v) is 2.91. The fraction of sp³-hybridized carbons (Fsp3) is 0.375. The number of aromatic nitrogens is 2. The second kappa shape index (κ2) is 7.47. The predicted octanol–water partition coefficient (Wildman–Crippen LogP) is 2.75. The fourth-order valence-corrected chi connectivity index (χ4v) is 1.80. The summed E-state index contributed by atoms with van der Waals surface area (Å²) in [5, 5.41) is 3.28. The van der Waals surface area contributed by atoms with Crippen LogP contribution >= 0.6 is 0 Å². The predicted molar refractivity (Wildman–Crippen MR) is 85.4 cm³/mol. The first-order valence-corrected chi connectivity index (χ1v) is 7.17. The Morgan fingerprint density at radius 3 is 2.67 bits per heavy atom. The Bertz CT molecular complexity index is 557. The molecule has 0 radical (unpaired) electrons. The minimum Gasteiger partial charge on any atom is -0.476 e. The number of nitrogens with zero attached hydrogens (tertiary/aromatic N) is 2. The lowest BCUT2D eigenvalue weighted by molar-refractivity contribution is 0.263. The lowest BCUT2D eigenvalue weighted by Gasteiger charge is -2.12.